The van der Waals surface area contributed by atoms with Crippen LogP contribution in [0.3, 0.4) is 0 Å². The molecule has 2 saturated heterocycles. The van der Waals surface area contributed by atoms with Crippen LogP contribution in [-0.4, -0.2) is 53.5 Å². The van der Waals surface area contributed by atoms with Gasteiger partial charge in [-0.1, -0.05) is 46.3 Å². The molecule has 4 atom stereocenters. The number of hydrogen-bond acceptors (Lipinski definition) is 5. The van der Waals surface area contributed by atoms with Gasteiger partial charge in [0.2, 0.25) is 5.91 Å². The molecule has 2 N–H and O–H groups in total. The van der Waals surface area contributed by atoms with Crippen LogP contribution in [0.1, 0.15) is 48.0 Å². The number of carbonyl (C=O) groups excluding carboxylic acids is 2. The van der Waals surface area contributed by atoms with Crippen molar-refractivity contribution in [1.82, 2.24) is 15.6 Å². The van der Waals surface area contributed by atoms with Crippen molar-refractivity contribution in [1.29, 1.82) is 0 Å². The van der Waals surface area contributed by atoms with Gasteiger partial charge in [-0.3, -0.25) is 9.59 Å². The highest BCUT2D eigenvalue weighted by Gasteiger charge is 2.41. The maximum atomic E-state index is 12.5. The Bertz CT molecular complexity index is 926. The zero-order valence-corrected chi connectivity index (χ0v) is 20.5. The van der Waals surface area contributed by atoms with Crippen molar-refractivity contribution in [3.05, 3.63) is 59.8 Å². The monoisotopic (exact) mass is 514 g/mol. The van der Waals surface area contributed by atoms with Gasteiger partial charge in [0.15, 0.2) is 0 Å². The van der Waals surface area contributed by atoms with Crippen LogP contribution in [0.15, 0.2) is 48.7 Å². The Kier molecular flexibility index (Phi) is 7.98. The lowest BCUT2D eigenvalue weighted by molar-refractivity contribution is -0.122. The first-order valence-corrected chi connectivity index (χ1v) is 12.4. The molecule has 2 amide bonds. The van der Waals surface area contributed by atoms with Gasteiger partial charge in [-0.15, -0.1) is 0 Å². The van der Waals surface area contributed by atoms with E-state index < -0.39 is 0 Å². The summed E-state index contributed by atoms with van der Waals surface area (Å²) in [6.45, 7) is 1.01. The van der Waals surface area contributed by atoms with E-state index in [4.69, 9.17) is 4.74 Å². The number of fused-ring (bicyclic) bond motifs is 2. The van der Waals surface area contributed by atoms with Gasteiger partial charge in [0.1, 0.15) is 5.82 Å². The number of methoxy groups -OCH3 is 1. The van der Waals surface area contributed by atoms with Gasteiger partial charge in [-0.05, 0) is 43.4 Å². The van der Waals surface area contributed by atoms with E-state index in [1.54, 1.807) is 13.3 Å². The molecule has 7 nitrogen and oxygen atoms in total. The Morgan fingerprint density at radius 1 is 1.15 bits per heavy atom. The number of halogens is 1. The van der Waals surface area contributed by atoms with Gasteiger partial charge >= 0.3 is 0 Å². The zero-order chi connectivity index (χ0) is 23.2. The summed E-state index contributed by atoms with van der Waals surface area (Å²) in [5, 5.41) is 6.15. The molecular formula is C25H31BrN4O3. The fourth-order valence-electron chi connectivity index (χ4n) is 4.95. The average Bonchev–Trinajstić information content (AvgIpc) is 3.08. The fourth-order valence-corrected chi connectivity index (χ4v) is 5.51. The van der Waals surface area contributed by atoms with Gasteiger partial charge < -0.3 is 20.3 Å². The number of hydrogen-bond donors (Lipinski definition) is 2. The topological polar surface area (TPSA) is 83.6 Å². The number of amides is 2. The van der Waals surface area contributed by atoms with Gasteiger partial charge in [0.05, 0.1) is 12.2 Å². The highest BCUT2D eigenvalue weighted by Crippen LogP contribution is 2.38. The number of nitrogens with one attached hydrogen (secondary N) is 2. The summed E-state index contributed by atoms with van der Waals surface area (Å²) in [4.78, 5) is 31.9. The van der Waals surface area contributed by atoms with E-state index in [1.807, 2.05) is 42.5 Å². The number of carbonyl (C=O) groups is 2. The van der Waals surface area contributed by atoms with Crippen molar-refractivity contribution in [2.75, 3.05) is 18.6 Å². The van der Waals surface area contributed by atoms with Crippen molar-refractivity contribution >= 4 is 33.6 Å². The predicted octanol–water partition coefficient (Wildman–Crippen LogP) is 3.43. The number of benzene rings is 1. The summed E-state index contributed by atoms with van der Waals surface area (Å²) < 4.78 is 5.09. The zero-order valence-electron chi connectivity index (χ0n) is 18.9. The number of aromatic nitrogens is 1. The first-order valence-electron chi connectivity index (χ1n) is 11.5. The van der Waals surface area contributed by atoms with Gasteiger partial charge in [-0.2, -0.15) is 0 Å². The number of nitrogens with zero attached hydrogens (tertiary/aromatic N) is 2. The first-order chi connectivity index (χ1) is 16.0. The lowest BCUT2D eigenvalue weighted by Crippen LogP contribution is -2.51. The van der Waals surface area contributed by atoms with Gasteiger partial charge in [0, 0.05) is 49.2 Å². The Balaban J connectivity index is 1.31. The second kappa shape index (κ2) is 11.1. The van der Waals surface area contributed by atoms with E-state index in [2.05, 4.69) is 36.4 Å². The molecular weight excluding hydrogens is 484 g/mol. The van der Waals surface area contributed by atoms with Gasteiger partial charge in [-0.25, -0.2) is 4.98 Å². The Hall–Kier alpha value is -2.45. The summed E-state index contributed by atoms with van der Waals surface area (Å²) in [6.07, 6.45) is 6.11. The minimum atomic E-state index is -0.124. The van der Waals surface area contributed by atoms with Crippen molar-refractivity contribution < 1.29 is 14.3 Å². The molecule has 4 rings (SSSR count). The maximum absolute atomic E-state index is 12.5. The van der Waals surface area contributed by atoms with E-state index in [0.29, 0.717) is 37.2 Å². The highest BCUT2D eigenvalue weighted by molar-refractivity contribution is 9.09. The van der Waals surface area contributed by atoms with E-state index in [9.17, 15) is 9.59 Å². The Labute approximate surface area is 203 Å². The Morgan fingerprint density at radius 3 is 2.52 bits per heavy atom. The number of anilines is 1. The number of rotatable bonds is 9. The van der Waals surface area contributed by atoms with Crippen molar-refractivity contribution in [2.45, 2.75) is 61.6 Å². The molecule has 2 aromatic rings. The second-order valence-corrected chi connectivity index (χ2v) is 10.2. The first kappa shape index (κ1) is 23.7. The number of piperidine rings is 1. The lowest BCUT2D eigenvalue weighted by atomic mass is 9.97. The number of ether oxygens (including phenoxy) is 1. The van der Waals surface area contributed by atoms with E-state index in [0.717, 1.165) is 37.1 Å². The molecule has 1 aromatic carbocycles. The third kappa shape index (κ3) is 6.12. The SMILES string of the molecule is COCC(Br)CC(=O)NC1C[C@H]2CC[C@@H](C1)N2c1ccc(C(=O)NCc2ccccc2)cn1. The third-order valence-corrected chi connectivity index (χ3v) is 7.01. The molecule has 0 spiro atoms. The molecule has 3 heterocycles. The molecule has 0 radical (unpaired) electrons. The highest BCUT2D eigenvalue weighted by atomic mass is 79.9. The van der Waals surface area contributed by atoms with Crippen LogP contribution in [0.4, 0.5) is 5.82 Å². The molecule has 8 heteroatoms. The molecule has 176 valence electrons. The van der Waals surface area contributed by atoms with E-state index in [-0.39, 0.29) is 22.7 Å². The van der Waals surface area contributed by atoms with Crippen LogP contribution in [-0.2, 0) is 16.1 Å². The van der Waals surface area contributed by atoms with Crippen LogP contribution in [0, 0.1) is 0 Å². The molecule has 2 bridgehead atoms. The minimum absolute atomic E-state index is 0.0342. The lowest BCUT2D eigenvalue weighted by Gasteiger charge is -2.40. The van der Waals surface area contributed by atoms with Crippen LogP contribution in [0.2, 0.25) is 0 Å². The molecule has 2 unspecified atom stereocenters. The smallest absolute Gasteiger partial charge is 0.253 e. The summed E-state index contributed by atoms with van der Waals surface area (Å²) in [5.41, 5.74) is 1.62. The van der Waals surface area contributed by atoms with E-state index in [1.165, 1.54) is 0 Å². The Morgan fingerprint density at radius 2 is 1.88 bits per heavy atom. The summed E-state index contributed by atoms with van der Waals surface area (Å²) in [7, 11) is 1.64. The van der Waals surface area contributed by atoms with Crippen LogP contribution >= 0.6 is 15.9 Å². The maximum Gasteiger partial charge on any atom is 0.253 e. The van der Waals surface area contributed by atoms with Crippen LogP contribution in [0.25, 0.3) is 0 Å². The molecule has 2 aliphatic rings. The quantitative estimate of drug-likeness (QED) is 0.501. The van der Waals surface area contributed by atoms with E-state index >= 15 is 0 Å². The van der Waals surface area contributed by atoms with Crippen molar-refractivity contribution in [2.24, 2.45) is 0 Å². The number of alkyl halides is 1. The molecule has 0 aliphatic carbocycles. The molecule has 2 aliphatic heterocycles. The summed E-state index contributed by atoms with van der Waals surface area (Å²) >= 11 is 3.49. The number of pyridine rings is 1. The van der Waals surface area contributed by atoms with Crippen molar-refractivity contribution in [3.8, 4) is 0 Å². The molecule has 1 aromatic heterocycles. The summed E-state index contributed by atoms with van der Waals surface area (Å²) in [5.74, 6) is 0.851. The van der Waals surface area contributed by atoms with Crippen molar-refractivity contribution in [3.63, 3.8) is 0 Å². The van der Waals surface area contributed by atoms with Crippen LogP contribution in [0.5, 0.6) is 0 Å². The second-order valence-electron chi connectivity index (χ2n) is 8.86. The predicted molar refractivity (Wildman–Crippen MR) is 132 cm³/mol. The summed E-state index contributed by atoms with van der Waals surface area (Å²) in [6, 6.07) is 14.6. The average molecular weight is 515 g/mol. The molecule has 2 fully saturated rings. The normalized spacial score (nSPS) is 22.6. The molecule has 33 heavy (non-hydrogen) atoms. The standard InChI is InChI=1S/C25H31BrN4O3/c1-33-16-19(26)11-24(31)29-20-12-21-8-9-22(13-20)30(21)23-10-7-18(15-27-23)25(32)28-14-17-5-3-2-4-6-17/h2-7,10,15,19-22H,8-9,11-14,16H2,1H3,(H,28,32)(H,29,31)/t19?,20?,21-,22+. The van der Waals surface area contributed by atoms with Crippen LogP contribution < -0.4 is 15.5 Å². The third-order valence-electron chi connectivity index (χ3n) is 6.42. The van der Waals surface area contributed by atoms with Gasteiger partial charge in [0.25, 0.3) is 5.91 Å². The largest absolute Gasteiger partial charge is 0.384 e. The molecule has 0 saturated carbocycles. The fraction of sp³-hybridized carbons (Fsp3) is 0.480. The minimum Gasteiger partial charge on any atom is -0.384 e.